The molecule has 9 nitrogen and oxygen atoms in total. The van der Waals surface area contributed by atoms with Crippen LogP contribution < -0.4 is 10.6 Å². The lowest BCUT2D eigenvalue weighted by Gasteiger charge is -2.13. The highest BCUT2D eigenvalue weighted by Gasteiger charge is 2.15. The molecule has 0 aliphatic rings. The van der Waals surface area contributed by atoms with Crippen LogP contribution in [-0.2, 0) is 4.84 Å². The fraction of sp³-hybridized carbons (Fsp3) is 0.0500. The molecule has 0 spiro atoms. The number of carbonyl (C=O) groups is 4. The second-order valence-electron chi connectivity index (χ2n) is 11.2. The van der Waals surface area contributed by atoms with Crippen LogP contribution in [0.1, 0.15) is 41.4 Å². The van der Waals surface area contributed by atoms with E-state index in [9.17, 15) is 24.3 Å². The molecule has 0 heterocycles. The number of nitrogens with one attached hydrogen (secondary N) is 2. The molecule has 0 radical (unpaired) electrons. The molecular weight excluding hydrogens is 618 g/mol. The number of carbonyl (C=O) groups excluding carboxylic acids is 3. The molecule has 0 aliphatic carbocycles. The van der Waals surface area contributed by atoms with E-state index in [-0.39, 0.29) is 23.3 Å². The van der Waals surface area contributed by atoms with Crippen LogP contribution in [0.25, 0.3) is 33.0 Å². The number of benzene rings is 6. The highest BCUT2D eigenvalue weighted by atomic mass is 16.7. The first kappa shape index (κ1) is 32.4. The van der Waals surface area contributed by atoms with Gasteiger partial charge in [0.2, 0.25) is 0 Å². The summed E-state index contributed by atoms with van der Waals surface area (Å²) >= 11 is 0. The van der Waals surface area contributed by atoms with Crippen molar-refractivity contribution in [3.63, 3.8) is 0 Å². The lowest BCUT2D eigenvalue weighted by atomic mass is 10.0. The third kappa shape index (κ3) is 7.07. The van der Waals surface area contributed by atoms with E-state index >= 15 is 0 Å². The summed E-state index contributed by atoms with van der Waals surface area (Å²) in [7, 11) is 2.98. The summed E-state index contributed by atoms with van der Waals surface area (Å²) in [6, 6.07) is 39.1. The molecule has 0 bridgehead atoms. The normalized spacial score (nSPS) is 10.7. The van der Waals surface area contributed by atoms with E-state index in [4.69, 9.17) is 4.84 Å². The number of rotatable bonds is 9. The van der Waals surface area contributed by atoms with E-state index in [1.54, 1.807) is 73.8 Å². The lowest BCUT2D eigenvalue weighted by molar-refractivity contribution is -0.0756. The number of hydrogen-bond donors (Lipinski definition) is 3. The molecule has 3 N–H and O–H groups in total. The molecule has 0 aromatic heterocycles. The zero-order chi connectivity index (χ0) is 34.5. The smallest absolute Gasteiger partial charge is 0.336 e. The van der Waals surface area contributed by atoms with E-state index < -0.39 is 5.97 Å². The van der Waals surface area contributed by atoms with Gasteiger partial charge in [-0.05, 0) is 88.3 Å². The quantitative estimate of drug-likeness (QED) is 0.136. The minimum absolute atomic E-state index is 0.170. The van der Waals surface area contributed by atoms with E-state index in [0.29, 0.717) is 38.8 Å². The summed E-state index contributed by atoms with van der Waals surface area (Å²) in [5.41, 5.74) is 6.41. The molecule has 6 rings (SSSR count). The fourth-order valence-electron chi connectivity index (χ4n) is 5.44. The Morgan fingerprint density at radius 2 is 1.00 bits per heavy atom. The highest BCUT2D eigenvalue weighted by molar-refractivity contribution is 6.13. The second kappa shape index (κ2) is 14.0. The Hall–Kier alpha value is -6.58. The topological polar surface area (TPSA) is 125 Å². The largest absolute Gasteiger partial charge is 0.478 e. The number of hydroxylamine groups is 2. The Balaban J connectivity index is 1.07. The lowest BCUT2D eigenvalue weighted by Crippen LogP contribution is -2.25. The van der Waals surface area contributed by atoms with Crippen molar-refractivity contribution in [3.8, 4) is 22.3 Å². The van der Waals surface area contributed by atoms with Crippen molar-refractivity contribution in [1.82, 2.24) is 5.06 Å². The van der Waals surface area contributed by atoms with Gasteiger partial charge in [0.05, 0.1) is 12.7 Å². The summed E-state index contributed by atoms with van der Waals surface area (Å²) in [6.07, 6.45) is 0. The van der Waals surface area contributed by atoms with Crippen LogP contribution in [0.3, 0.4) is 0 Å². The molecule has 0 saturated carbocycles. The molecule has 49 heavy (non-hydrogen) atoms. The average molecular weight is 650 g/mol. The molecule has 9 heteroatoms. The fourth-order valence-corrected chi connectivity index (χ4v) is 5.44. The third-order valence-corrected chi connectivity index (χ3v) is 8.20. The third-order valence-electron chi connectivity index (χ3n) is 8.20. The Kier molecular flexibility index (Phi) is 9.27. The van der Waals surface area contributed by atoms with Crippen molar-refractivity contribution in [2.24, 2.45) is 0 Å². The molecule has 0 atom stereocenters. The Morgan fingerprint density at radius 1 is 0.551 bits per heavy atom. The zero-order valence-corrected chi connectivity index (χ0v) is 26.6. The first-order valence-electron chi connectivity index (χ1n) is 15.3. The van der Waals surface area contributed by atoms with Gasteiger partial charge in [-0.25, -0.2) is 9.86 Å². The van der Waals surface area contributed by atoms with Gasteiger partial charge in [0.15, 0.2) is 0 Å². The molecule has 0 saturated heterocycles. The molecular formula is C40H31N3O6. The Bertz CT molecular complexity index is 2180. The standard InChI is InChI=1S/C40H31N3O6/c1-43(49-2)39(46)31-17-11-27(12-18-31)25-7-13-29(14-8-25)37(44)41-32-21-19-28(20-22-32)26-9-15-30(16-10-26)38(45)42-36-24-23-35(40(47)48)33-5-3-4-6-34(33)36/h3-24H,1-2H3,(H,41,44)(H,42,45)(H,47,48). The van der Waals surface area contributed by atoms with Gasteiger partial charge >= 0.3 is 5.97 Å². The van der Waals surface area contributed by atoms with Crippen molar-refractivity contribution >= 4 is 45.8 Å². The summed E-state index contributed by atoms with van der Waals surface area (Å²) in [5.74, 6) is -1.83. The van der Waals surface area contributed by atoms with Crippen molar-refractivity contribution in [2.75, 3.05) is 24.8 Å². The van der Waals surface area contributed by atoms with Crippen molar-refractivity contribution in [3.05, 3.63) is 156 Å². The number of nitrogens with zero attached hydrogens (tertiary/aromatic N) is 1. The number of carboxylic acids is 1. The first-order valence-corrected chi connectivity index (χ1v) is 15.3. The second-order valence-corrected chi connectivity index (χ2v) is 11.2. The predicted octanol–water partition coefficient (Wildman–Crippen LogP) is 8.01. The number of hydrogen-bond acceptors (Lipinski definition) is 5. The van der Waals surface area contributed by atoms with E-state index in [1.807, 2.05) is 60.7 Å². The van der Waals surface area contributed by atoms with Gasteiger partial charge in [-0.15, -0.1) is 0 Å². The molecule has 0 unspecified atom stereocenters. The van der Waals surface area contributed by atoms with E-state index in [0.717, 1.165) is 27.3 Å². The van der Waals surface area contributed by atoms with Crippen LogP contribution in [0.2, 0.25) is 0 Å². The van der Waals surface area contributed by atoms with Crippen LogP contribution in [0.4, 0.5) is 11.4 Å². The van der Waals surface area contributed by atoms with Gasteiger partial charge in [-0.3, -0.25) is 19.2 Å². The molecule has 242 valence electrons. The van der Waals surface area contributed by atoms with E-state index in [1.165, 1.54) is 13.2 Å². The summed E-state index contributed by atoms with van der Waals surface area (Å²) in [6.45, 7) is 0. The zero-order valence-electron chi connectivity index (χ0n) is 26.6. The minimum Gasteiger partial charge on any atom is -0.478 e. The number of anilines is 2. The minimum atomic E-state index is -1.03. The van der Waals surface area contributed by atoms with Crippen LogP contribution in [-0.4, -0.2) is 48.0 Å². The van der Waals surface area contributed by atoms with Crippen molar-refractivity contribution in [1.29, 1.82) is 0 Å². The van der Waals surface area contributed by atoms with Crippen LogP contribution in [0, 0.1) is 0 Å². The van der Waals surface area contributed by atoms with Gasteiger partial charge < -0.3 is 15.7 Å². The predicted molar refractivity (Wildman–Crippen MR) is 190 cm³/mol. The molecule has 0 fully saturated rings. The summed E-state index contributed by atoms with van der Waals surface area (Å²) < 4.78 is 0. The molecule has 0 aliphatic heterocycles. The summed E-state index contributed by atoms with van der Waals surface area (Å²) in [5, 5.41) is 17.7. The maximum Gasteiger partial charge on any atom is 0.336 e. The Labute approximate surface area is 282 Å². The van der Waals surface area contributed by atoms with E-state index in [2.05, 4.69) is 10.6 Å². The first-order chi connectivity index (χ1) is 23.7. The number of aromatic carboxylic acids is 1. The SMILES string of the molecule is CON(C)C(=O)c1ccc(-c2ccc(C(=O)Nc3ccc(-c4ccc(C(=O)Nc5ccc(C(=O)O)c6ccccc56)cc4)cc3)cc2)cc1. The highest BCUT2D eigenvalue weighted by Crippen LogP contribution is 2.28. The summed E-state index contributed by atoms with van der Waals surface area (Å²) in [4.78, 5) is 54.8. The molecule has 6 aromatic carbocycles. The number of carboxylic acid groups (broad SMARTS) is 1. The number of fused-ring (bicyclic) bond motifs is 1. The van der Waals surface area contributed by atoms with Gasteiger partial charge in [0.1, 0.15) is 0 Å². The maximum absolute atomic E-state index is 13.1. The molecule has 6 aromatic rings. The van der Waals surface area contributed by atoms with Gasteiger partial charge in [0.25, 0.3) is 17.7 Å². The van der Waals surface area contributed by atoms with Gasteiger partial charge in [-0.2, -0.15) is 0 Å². The Morgan fingerprint density at radius 3 is 1.49 bits per heavy atom. The van der Waals surface area contributed by atoms with Crippen LogP contribution in [0.15, 0.2) is 133 Å². The average Bonchev–Trinajstić information content (AvgIpc) is 3.14. The van der Waals surface area contributed by atoms with Crippen LogP contribution in [0.5, 0.6) is 0 Å². The van der Waals surface area contributed by atoms with Crippen LogP contribution >= 0.6 is 0 Å². The monoisotopic (exact) mass is 649 g/mol. The van der Waals surface area contributed by atoms with Crippen molar-refractivity contribution in [2.45, 2.75) is 0 Å². The maximum atomic E-state index is 13.1. The van der Waals surface area contributed by atoms with Gasteiger partial charge in [0, 0.05) is 40.5 Å². The molecule has 3 amide bonds. The number of amides is 3. The van der Waals surface area contributed by atoms with Gasteiger partial charge in [-0.1, -0.05) is 72.8 Å². The van der Waals surface area contributed by atoms with Crippen molar-refractivity contribution < 1.29 is 29.1 Å².